The second-order valence-corrected chi connectivity index (χ2v) is 6.45. The quantitative estimate of drug-likeness (QED) is 0.408. The van der Waals surface area contributed by atoms with E-state index in [0.29, 0.717) is 5.65 Å². The molecular formula is C19H14N8O3. The topological polar surface area (TPSA) is 144 Å². The SMILES string of the molecule is Cc1c(-c2ccnc3cc(C(=O)Nc4ccc([N+](=O)[O-])cc4C#N)nn23)cnn1C. The summed E-state index contributed by atoms with van der Waals surface area (Å²) in [7, 11) is 1.83. The molecule has 1 N–H and O–H groups in total. The number of nitrogens with zero attached hydrogens (tertiary/aromatic N) is 7. The molecule has 0 spiro atoms. The first-order valence-corrected chi connectivity index (χ1v) is 8.72. The molecule has 3 heterocycles. The second-order valence-electron chi connectivity index (χ2n) is 6.45. The molecule has 0 fully saturated rings. The van der Waals surface area contributed by atoms with Crippen LogP contribution in [0.3, 0.4) is 0 Å². The number of nitriles is 1. The van der Waals surface area contributed by atoms with E-state index in [1.807, 2.05) is 20.0 Å². The highest BCUT2D eigenvalue weighted by molar-refractivity contribution is 6.04. The van der Waals surface area contributed by atoms with Crippen LogP contribution < -0.4 is 5.32 Å². The number of aromatic nitrogens is 5. The van der Waals surface area contributed by atoms with Crippen molar-refractivity contribution in [3.63, 3.8) is 0 Å². The molecule has 3 aromatic heterocycles. The fraction of sp³-hybridized carbons (Fsp3) is 0.105. The number of hydrogen-bond acceptors (Lipinski definition) is 7. The molecule has 0 atom stereocenters. The van der Waals surface area contributed by atoms with E-state index in [1.54, 1.807) is 27.7 Å². The van der Waals surface area contributed by atoms with Gasteiger partial charge in [0.05, 0.1) is 28.1 Å². The van der Waals surface area contributed by atoms with Crippen molar-refractivity contribution in [2.24, 2.45) is 7.05 Å². The maximum Gasteiger partial charge on any atom is 0.276 e. The van der Waals surface area contributed by atoms with Crippen molar-refractivity contribution in [1.82, 2.24) is 24.4 Å². The van der Waals surface area contributed by atoms with Gasteiger partial charge in [0.25, 0.3) is 11.6 Å². The first kappa shape index (κ1) is 18.8. The standard InChI is InChI=1S/C19H14N8O3/c1-11-14(10-22-25(11)2)17-5-6-21-18-8-16(24-26(17)18)19(28)23-15-4-3-13(27(29)30)7-12(15)9-20/h3-8,10H,1-2H3,(H,23,28). The van der Waals surface area contributed by atoms with Crippen molar-refractivity contribution >= 4 is 22.9 Å². The number of carbonyl (C=O) groups excluding carboxylic acids is 1. The van der Waals surface area contributed by atoms with Crippen LogP contribution in [0.4, 0.5) is 11.4 Å². The van der Waals surface area contributed by atoms with Gasteiger partial charge in [-0.25, -0.2) is 9.50 Å². The van der Waals surface area contributed by atoms with Gasteiger partial charge in [0.1, 0.15) is 6.07 Å². The number of amides is 1. The van der Waals surface area contributed by atoms with Crippen molar-refractivity contribution in [1.29, 1.82) is 5.26 Å². The Morgan fingerprint density at radius 1 is 1.30 bits per heavy atom. The van der Waals surface area contributed by atoms with Gasteiger partial charge in [-0.2, -0.15) is 15.5 Å². The summed E-state index contributed by atoms with van der Waals surface area (Å²) in [5.74, 6) is -0.570. The Morgan fingerprint density at radius 2 is 2.10 bits per heavy atom. The summed E-state index contributed by atoms with van der Waals surface area (Å²) in [5.41, 5.74) is 2.93. The van der Waals surface area contributed by atoms with Crippen molar-refractivity contribution < 1.29 is 9.72 Å². The molecule has 4 rings (SSSR count). The highest BCUT2D eigenvalue weighted by Gasteiger charge is 2.18. The normalized spacial score (nSPS) is 10.7. The minimum atomic E-state index is -0.609. The summed E-state index contributed by atoms with van der Waals surface area (Å²) in [4.78, 5) is 27.2. The molecule has 1 amide bonds. The lowest BCUT2D eigenvalue weighted by Gasteiger charge is -2.05. The summed E-state index contributed by atoms with van der Waals surface area (Å²) in [5, 5.41) is 31.3. The van der Waals surface area contributed by atoms with E-state index in [9.17, 15) is 20.2 Å². The Balaban J connectivity index is 1.70. The molecule has 0 aliphatic rings. The number of nitro groups is 1. The zero-order valence-electron chi connectivity index (χ0n) is 15.9. The Labute approximate surface area is 169 Å². The molecule has 11 nitrogen and oxygen atoms in total. The van der Waals surface area contributed by atoms with Gasteiger partial charge < -0.3 is 5.32 Å². The van der Waals surface area contributed by atoms with E-state index in [2.05, 4.69) is 20.5 Å². The fourth-order valence-electron chi connectivity index (χ4n) is 2.99. The van der Waals surface area contributed by atoms with Crippen LogP contribution in [0.5, 0.6) is 0 Å². The van der Waals surface area contributed by atoms with E-state index < -0.39 is 10.8 Å². The Morgan fingerprint density at radius 3 is 2.77 bits per heavy atom. The lowest BCUT2D eigenvalue weighted by molar-refractivity contribution is -0.384. The average Bonchev–Trinajstić information content (AvgIpc) is 3.32. The number of non-ortho nitro benzene ring substituents is 1. The summed E-state index contributed by atoms with van der Waals surface area (Å²) in [6.07, 6.45) is 3.33. The zero-order chi connectivity index (χ0) is 21.4. The molecule has 1 aromatic carbocycles. The number of hydrogen-bond donors (Lipinski definition) is 1. The van der Waals surface area contributed by atoms with Gasteiger partial charge in [0.2, 0.25) is 0 Å². The molecule has 30 heavy (non-hydrogen) atoms. The van der Waals surface area contributed by atoms with Crippen LogP contribution in [0.1, 0.15) is 21.7 Å². The van der Waals surface area contributed by atoms with Gasteiger partial charge in [0.15, 0.2) is 11.3 Å². The zero-order valence-corrected chi connectivity index (χ0v) is 15.9. The van der Waals surface area contributed by atoms with Crippen LogP contribution in [-0.4, -0.2) is 35.2 Å². The number of carbonyl (C=O) groups is 1. The summed E-state index contributed by atoms with van der Waals surface area (Å²) >= 11 is 0. The van der Waals surface area contributed by atoms with Crippen LogP contribution in [0.2, 0.25) is 0 Å². The number of nitrogens with one attached hydrogen (secondary N) is 1. The minimum Gasteiger partial charge on any atom is -0.319 e. The third kappa shape index (κ3) is 3.12. The molecule has 11 heteroatoms. The van der Waals surface area contributed by atoms with Gasteiger partial charge in [-0.1, -0.05) is 0 Å². The van der Waals surface area contributed by atoms with Crippen molar-refractivity contribution in [2.45, 2.75) is 6.92 Å². The number of benzene rings is 1. The third-order valence-corrected chi connectivity index (χ3v) is 4.68. The maximum absolute atomic E-state index is 12.7. The molecule has 0 saturated heterocycles. The van der Waals surface area contributed by atoms with Gasteiger partial charge in [-0.3, -0.25) is 19.6 Å². The number of fused-ring (bicyclic) bond motifs is 1. The monoisotopic (exact) mass is 402 g/mol. The second kappa shape index (κ2) is 7.10. The van der Waals surface area contributed by atoms with Gasteiger partial charge in [0, 0.05) is 42.7 Å². The Bertz CT molecular complexity index is 1360. The molecule has 0 bridgehead atoms. The Kier molecular flexibility index (Phi) is 4.44. The van der Waals surface area contributed by atoms with Crippen LogP contribution >= 0.6 is 0 Å². The largest absolute Gasteiger partial charge is 0.319 e. The lowest BCUT2D eigenvalue weighted by atomic mass is 10.1. The maximum atomic E-state index is 12.7. The van der Waals surface area contributed by atoms with Crippen molar-refractivity contribution in [3.8, 4) is 17.3 Å². The number of rotatable bonds is 4. The molecule has 0 aliphatic heterocycles. The molecule has 0 saturated carbocycles. The highest BCUT2D eigenvalue weighted by Crippen LogP contribution is 2.24. The van der Waals surface area contributed by atoms with Crippen LogP contribution in [0, 0.1) is 28.4 Å². The van der Waals surface area contributed by atoms with E-state index in [4.69, 9.17) is 0 Å². The number of anilines is 1. The predicted octanol–water partition coefficient (Wildman–Crippen LogP) is 2.47. The van der Waals surface area contributed by atoms with Gasteiger partial charge in [-0.15, -0.1) is 0 Å². The van der Waals surface area contributed by atoms with Crippen LogP contribution in [0.25, 0.3) is 16.9 Å². The lowest BCUT2D eigenvalue weighted by Crippen LogP contribution is -2.14. The van der Waals surface area contributed by atoms with Gasteiger partial charge >= 0.3 is 0 Å². The predicted molar refractivity (Wildman–Crippen MR) is 106 cm³/mol. The molecule has 4 aromatic rings. The van der Waals surface area contributed by atoms with E-state index in [-0.39, 0.29) is 22.6 Å². The first-order chi connectivity index (χ1) is 14.4. The summed E-state index contributed by atoms with van der Waals surface area (Å²) < 4.78 is 3.27. The van der Waals surface area contributed by atoms with E-state index >= 15 is 0 Å². The fourth-order valence-corrected chi connectivity index (χ4v) is 2.99. The van der Waals surface area contributed by atoms with Crippen molar-refractivity contribution in [2.75, 3.05) is 5.32 Å². The minimum absolute atomic E-state index is 0.0221. The third-order valence-electron chi connectivity index (χ3n) is 4.68. The summed E-state index contributed by atoms with van der Waals surface area (Å²) in [6, 6.07) is 8.76. The molecule has 0 unspecified atom stereocenters. The first-order valence-electron chi connectivity index (χ1n) is 8.72. The number of nitro benzene ring substituents is 1. The Hall–Kier alpha value is -4.59. The average molecular weight is 402 g/mol. The van der Waals surface area contributed by atoms with Gasteiger partial charge in [-0.05, 0) is 19.1 Å². The van der Waals surface area contributed by atoms with Crippen LogP contribution in [0.15, 0.2) is 42.7 Å². The molecule has 0 radical (unpaired) electrons. The van der Waals surface area contributed by atoms with E-state index in [0.717, 1.165) is 23.0 Å². The van der Waals surface area contributed by atoms with Crippen molar-refractivity contribution in [3.05, 3.63) is 69.8 Å². The molecule has 0 aliphatic carbocycles. The summed E-state index contributed by atoms with van der Waals surface area (Å²) in [6.45, 7) is 1.92. The molecule has 148 valence electrons. The van der Waals surface area contributed by atoms with Crippen LogP contribution in [-0.2, 0) is 7.05 Å². The highest BCUT2D eigenvalue weighted by atomic mass is 16.6. The molecular weight excluding hydrogens is 388 g/mol. The number of aryl methyl sites for hydroxylation is 1. The van der Waals surface area contributed by atoms with E-state index in [1.165, 1.54) is 18.2 Å². The smallest absolute Gasteiger partial charge is 0.276 e.